The summed E-state index contributed by atoms with van der Waals surface area (Å²) in [4.78, 5) is 4.75. The fourth-order valence-corrected chi connectivity index (χ4v) is 2.42. The van der Waals surface area contributed by atoms with Crippen molar-refractivity contribution < 1.29 is 0 Å². The summed E-state index contributed by atoms with van der Waals surface area (Å²) < 4.78 is 0. The Labute approximate surface area is 102 Å². The van der Waals surface area contributed by atoms with Gasteiger partial charge in [0.25, 0.3) is 0 Å². The third-order valence-electron chi connectivity index (χ3n) is 3.50. The van der Waals surface area contributed by atoms with Crippen LogP contribution in [0.25, 0.3) is 10.9 Å². The molecule has 1 aromatic heterocycles. The van der Waals surface area contributed by atoms with Gasteiger partial charge in [-0.05, 0) is 42.0 Å². The van der Waals surface area contributed by atoms with Gasteiger partial charge in [0.1, 0.15) is 5.82 Å². The molecule has 3 rings (SSSR count). The number of benzene rings is 1. The van der Waals surface area contributed by atoms with Crippen LogP contribution < -0.4 is 5.32 Å². The van der Waals surface area contributed by atoms with Crippen molar-refractivity contribution in [1.29, 1.82) is 0 Å². The Morgan fingerprint density at radius 3 is 2.94 bits per heavy atom. The zero-order chi connectivity index (χ0) is 11.8. The van der Waals surface area contributed by atoms with Crippen molar-refractivity contribution in [1.82, 2.24) is 4.98 Å². The topological polar surface area (TPSA) is 24.9 Å². The molecule has 0 radical (unpaired) electrons. The number of anilines is 1. The Balaban J connectivity index is 2.16. The molecule has 0 aliphatic carbocycles. The molecule has 0 saturated heterocycles. The lowest BCUT2D eigenvalue weighted by Gasteiger charge is -2.17. The second-order valence-corrected chi connectivity index (χ2v) is 5.13. The van der Waals surface area contributed by atoms with Crippen LogP contribution in [0.4, 0.5) is 5.82 Å². The van der Waals surface area contributed by atoms with Gasteiger partial charge in [-0.15, -0.1) is 0 Å². The first kappa shape index (κ1) is 10.6. The Hall–Kier alpha value is -1.57. The Kier molecular flexibility index (Phi) is 2.50. The van der Waals surface area contributed by atoms with Crippen LogP contribution in [0.5, 0.6) is 0 Å². The first-order chi connectivity index (χ1) is 8.24. The molecule has 0 unspecified atom stereocenters. The summed E-state index contributed by atoms with van der Waals surface area (Å²) in [5, 5.41) is 4.65. The van der Waals surface area contributed by atoms with E-state index in [2.05, 4.69) is 43.4 Å². The van der Waals surface area contributed by atoms with Crippen molar-refractivity contribution in [3.05, 3.63) is 35.4 Å². The van der Waals surface area contributed by atoms with Crippen molar-refractivity contribution in [2.45, 2.75) is 32.6 Å². The minimum Gasteiger partial charge on any atom is -0.370 e. The minimum atomic E-state index is 0.560. The number of hydrogen-bond acceptors (Lipinski definition) is 2. The number of rotatable bonds is 1. The molecular formula is C15H18N2. The quantitative estimate of drug-likeness (QED) is 0.801. The largest absolute Gasteiger partial charge is 0.370 e. The van der Waals surface area contributed by atoms with Crippen LogP contribution in [0, 0.1) is 0 Å². The Bertz CT molecular complexity index is 558. The molecule has 0 bridgehead atoms. The van der Waals surface area contributed by atoms with Crippen molar-refractivity contribution in [2.24, 2.45) is 0 Å². The standard InChI is InChI=1S/C15H18N2/c1-10(2)11-5-6-12-8-13-4-3-7-16-15(13)17-14(12)9-11/h5-6,8-10H,3-4,7H2,1-2H3,(H,16,17). The van der Waals surface area contributed by atoms with Crippen LogP contribution in [0.2, 0.25) is 0 Å². The highest BCUT2D eigenvalue weighted by Gasteiger charge is 2.11. The van der Waals surface area contributed by atoms with Gasteiger partial charge < -0.3 is 5.32 Å². The SMILES string of the molecule is CC(C)c1ccc2cc3c(nc2c1)NCCC3. The van der Waals surface area contributed by atoms with E-state index in [1.807, 2.05) is 0 Å². The fraction of sp³-hybridized carbons (Fsp3) is 0.400. The summed E-state index contributed by atoms with van der Waals surface area (Å²) >= 11 is 0. The minimum absolute atomic E-state index is 0.560. The molecular weight excluding hydrogens is 208 g/mol. The van der Waals surface area contributed by atoms with Gasteiger partial charge in [-0.25, -0.2) is 4.98 Å². The van der Waals surface area contributed by atoms with Crippen LogP contribution >= 0.6 is 0 Å². The molecule has 2 heteroatoms. The zero-order valence-electron chi connectivity index (χ0n) is 10.5. The molecule has 88 valence electrons. The summed E-state index contributed by atoms with van der Waals surface area (Å²) in [5.74, 6) is 1.65. The predicted octanol–water partition coefficient (Wildman–Crippen LogP) is 3.72. The molecule has 17 heavy (non-hydrogen) atoms. The number of pyridine rings is 1. The molecule has 0 fully saturated rings. The average molecular weight is 226 g/mol. The van der Waals surface area contributed by atoms with Crippen molar-refractivity contribution in [2.75, 3.05) is 11.9 Å². The van der Waals surface area contributed by atoms with Gasteiger partial charge >= 0.3 is 0 Å². The Morgan fingerprint density at radius 2 is 2.12 bits per heavy atom. The molecule has 0 atom stereocenters. The number of aromatic nitrogens is 1. The maximum Gasteiger partial charge on any atom is 0.129 e. The first-order valence-corrected chi connectivity index (χ1v) is 6.41. The van der Waals surface area contributed by atoms with Crippen molar-refractivity contribution in [3.8, 4) is 0 Å². The monoisotopic (exact) mass is 226 g/mol. The van der Waals surface area contributed by atoms with Crippen molar-refractivity contribution in [3.63, 3.8) is 0 Å². The lowest BCUT2D eigenvalue weighted by molar-refractivity contribution is 0.821. The van der Waals surface area contributed by atoms with E-state index in [-0.39, 0.29) is 0 Å². The molecule has 0 amide bonds. The van der Waals surface area contributed by atoms with E-state index in [9.17, 15) is 0 Å². The van der Waals surface area contributed by atoms with Gasteiger partial charge in [0, 0.05) is 11.9 Å². The van der Waals surface area contributed by atoms with E-state index >= 15 is 0 Å². The summed E-state index contributed by atoms with van der Waals surface area (Å²) in [6.07, 6.45) is 2.36. The normalized spacial score (nSPS) is 14.8. The molecule has 1 aliphatic heterocycles. The molecule has 2 nitrogen and oxygen atoms in total. The summed E-state index contributed by atoms with van der Waals surface area (Å²) in [6.45, 7) is 5.49. The molecule has 0 saturated carbocycles. The molecule has 1 aliphatic rings. The van der Waals surface area contributed by atoms with E-state index in [1.165, 1.54) is 22.9 Å². The van der Waals surface area contributed by atoms with Gasteiger partial charge in [0.15, 0.2) is 0 Å². The van der Waals surface area contributed by atoms with E-state index in [0.29, 0.717) is 5.92 Å². The van der Waals surface area contributed by atoms with Crippen LogP contribution in [0.3, 0.4) is 0 Å². The van der Waals surface area contributed by atoms with E-state index in [4.69, 9.17) is 4.98 Å². The van der Waals surface area contributed by atoms with Gasteiger partial charge in [-0.3, -0.25) is 0 Å². The number of aryl methyl sites for hydroxylation is 1. The highest BCUT2D eigenvalue weighted by Crippen LogP contribution is 2.26. The van der Waals surface area contributed by atoms with E-state index in [1.54, 1.807) is 0 Å². The lowest BCUT2D eigenvalue weighted by atomic mass is 9.99. The molecule has 1 aromatic carbocycles. The van der Waals surface area contributed by atoms with E-state index < -0.39 is 0 Å². The molecule has 2 heterocycles. The third kappa shape index (κ3) is 1.88. The van der Waals surface area contributed by atoms with E-state index in [0.717, 1.165) is 24.3 Å². The number of fused-ring (bicyclic) bond motifs is 2. The summed E-state index contributed by atoms with van der Waals surface area (Å²) in [5.41, 5.74) is 3.84. The number of nitrogens with zero attached hydrogens (tertiary/aromatic N) is 1. The summed E-state index contributed by atoms with van der Waals surface area (Å²) in [6, 6.07) is 8.92. The molecule has 2 aromatic rings. The van der Waals surface area contributed by atoms with Crippen molar-refractivity contribution >= 4 is 16.7 Å². The lowest BCUT2D eigenvalue weighted by Crippen LogP contribution is -2.13. The maximum absolute atomic E-state index is 4.75. The summed E-state index contributed by atoms with van der Waals surface area (Å²) in [7, 11) is 0. The average Bonchev–Trinajstić information content (AvgIpc) is 2.35. The van der Waals surface area contributed by atoms with Crippen LogP contribution in [-0.4, -0.2) is 11.5 Å². The smallest absolute Gasteiger partial charge is 0.129 e. The molecule has 1 N–H and O–H groups in total. The highest BCUT2D eigenvalue weighted by atomic mass is 15.0. The Morgan fingerprint density at radius 1 is 1.24 bits per heavy atom. The van der Waals surface area contributed by atoms with Gasteiger partial charge in [-0.2, -0.15) is 0 Å². The van der Waals surface area contributed by atoms with Crippen LogP contribution in [-0.2, 0) is 6.42 Å². The third-order valence-corrected chi connectivity index (χ3v) is 3.50. The zero-order valence-corrected chi connectivity index (χ0v) is 10.5. The second-order valence-electron chi connectivity index (χ2n) is 5.13. The number of nitrogens with one attached hydrogen (secondary N) is 1. The molecule has 0 spiro atoms. The first-order valence-electron chi connectivity index (χ1n) is 6.41. The second kappa shape index (κ2) is 4.02. The fourth-order valence-electron chi connectivity index (χ4n) is 2.42. The van der Waals surface area contributed by atoms with Gasteiger partial charge in [-0.1, -0.05) is 26.0 Å². The maximum atomic E-state index is 4.75. The predicted molar refractivity (Wildman–Crippen MR) is 72.6 cm³/mol. The van der Waals surface area contributed by atoms with Gasteiger partial charge in [0.05, 0.1) is 5.52 Å². The van der Waals surface area contributed by atoms with Gasteiger partial charge in [0.2, 0.25) is 0 Å². The number of hydrogen-bond donors (Lipinski definition) is 1. The van der Waals surface area contributed by atoms with Crippen LogP contribution in [0.1, 0.15) is 37.3 Å². The highest BCUT2D eigenvalue weighted by molar-refractivity contribution is 5.82. The van der Waals surface area contributed by atoms with Crippen LogP contribution in [0.15, 0.2) is 24.3 Å².